The minimum absolute atomic E-state index is 0.657. The lowest BCUT2D eigenvalue weighted by atomic mass is 10.2. The Bertz CT molecular complexity index is 681. The van der Waals surface area contributed by atoms with E-state index in [2.05, 4.69) is 23.6 Å². The first kappa shape index (κ1) is 17.5. The molecule has 0 N–H and O–H groups in total. The minimum atomic E-state index is 0.657. The van der Waals surface area contributed by atoms with Crippen LogP contribution in [0.2, 0.25) is 5.02 Å². The fourth-order valence-corrected chi connectivity index (χ4v) is 3.72. The van der Waals surface area contributed by atoms with Crippen LogP contribution in [0, 0.1) is 6.92 Å². The number of benzene rings is 1. The normalized spacial score (nSPS) is 18.6. The van der Waals surface area contributed by atoms with E-state index >= 15 is 0 Å². The van der Waals surface area contributed by atoms with Crippen LogP contribution >= 0.6 is 11.6 Å². The van der Waals surface area contributed by atoms with Crippen molar-refractivity contribution in [2.45, 2.75) is 39.8 Å². The molecule has 0 radical (unpaired) electrons. The summed E-state index contributed by atoms with van der Waals surface area (Å²) in [5.41, 5.74) is 1.96. The molecule has 0 amide bonds. The Morgan fingerprint density at radius 1 is 1.33 bits per heavy atom. The zero-order chi connectivity index (χ0) is 17.1. The summed E-state index contributed by atoms with van der Waals surface area (Å²) in [7, 11) is 0. The van der Waals surface area contributed by atoms with Crippen LogP contribution < -0.4 is 0 Å². The average Bonchev–Trinajstić information content (AvgIpc) is 3.17. The number of nitrogens with zero attached hydrogens (tertiary/aromatic N) is 3. The molecular formula is C19H26ClN3O. The van der Waals surface area contributed by atoms with Crippen LogP contribution in [0.3, 0.4) is 0 Å². The minimum Gasteiger partial charge on any atom is -0.441 e. The molecular weight excluding hydrogens is 322 g/mol. The summed E-state index contributed by atoms with van der Waals surface area (Å²) in [4.78, 5) is 9.74. The van der Waals surface area contributed by atoms with Gasteiger partial charge in [-0.1, -0.05) is 31.5 Å². The Morgan fingerprint density at radius 2 is 2.12 bits per heavy atom. The van der Waals surface area contributed by atoms with Gasteiger partial charge < -0.3 is 4.42 Å². The van der Waals surface area contributed by atoms with Gasteiger partial charge in [-0.15, -0.1) is 0 Å². The van der Waals surface area contributed by atoms with Crippen LogP contribution in [0.25, 0.3) is 11.5 Å². The van der Waals surface area contributed by atoms with Crippen LogP contribution in [0.4, 0.5) is 0 Å². The van der Waals surface area contributed by atoms with Gasteiger partial charge >= 0.3 is 0 Å². The SMILES string of the molecule is CCN(CC)C1CCN(Cc2nc(-c3cccc(Cl)c3)oc2C)C1. The number of likely N-dealkylation sites (tertiary alicyclic amines) is 1. The van der Waals surface area contributed by atoms with Crippen molar-refractivity contribution in [3.63, 3.8) is 0 Å². The molecule has 1 atom stereocenters. The van der Waals surface area contributed by atoms with Crippen LogP contribution in [0.15, 0.2) is 28.7 Å². The van der Waals surface area contributed by atoms with Gasteiger partial charge in [-0.3, -0.25) is 9.80 Å². The maximum Gasteiger partial charge on any atom is 0.226 e. The molecule has 4 nitrogen and oxygen atoms in total. The van der Waals surface area contributed by atoms with Gasteiger partial charge in [-0.05, 0) is 44.6 Å². The van der Waals surface area contributed by atoms with Crippen molar-refractivity contribution in [3.8, 4) is 11.5 Å². The van der Waals surface area contributed by atoms with Gasteiger partial charge in [-0.25, -0.2) is 4.98 Å². The summed E-state index contributed by atoms with van der Waals surface area (Å²) >= 11 is 6.07. The number of likely N-dealkylation sites (N-methyl/N-ethyl adjacent to an activating group) is 1. The average molecular weight is 348 g/mol. The Balaban J connectivity index is 1.68. The van der Waals surface area contributed by atoms with Gasteiger partial charge in [-0.2, -0.15) is 0 Å². The third-order valence-corrected chi connectivity index (χ3v) is 5.15. The summed E-state index contributed by atoms with van der Waals surface area (Å²) in [6.45, 7) is 11.8. The summed E-state index contributed by atoms with van der Waals surface area (Å²) in [6.07, 6.45) is 1.24. The summed E-state index contributed by atoms with van der Waals surface area (Å²) in [5, 5.41) is 0.700. The molecule has 0 bridgehead atoms. The Kier molecular flexibility index (Phi) is 5.59. The molecule has 2 heterocycles. The molecule has 1 aromatic carbocycles. The van der Waals surface area contributed by atoms with E-state index in [0.29, 0.717) is 17.0 Å². The van der Waals surface area contributed by atoms with E-state index in [4.69, 9.17) is 21.0 Å². The van der Waals surface area contributed by atoms with Crippen LogP contribution in [0.1, 0.15) is 31.7 Å². The van der Waals surface area contributed by atoms with Crippen LogP contribution in [0.5, 0.6) is 0 Å². The predicted octanol–water partition coefficient (Wildman–Crippen LogP) is 4.22. The lowest BCUT2D eigenvalue weighted by Crippen LogP contribution is -2.37. The van der Waals surface area contributed by atoms with E-state index in [9.17, 15) is 0 Å². The molecule has 1 saturated heterocycles. The van der Waals surface area contributed by atoms with E-state index in [-0.39, 0.29) is 0 Å². The molecule has 1 aromatic heterocycles. The maximum atomic E-state index is 6.07. The van der Waals surface area contributed by atoms with Crippen LogP contribution in [-0.4, -0.2) is 47.0 Å². The highest BCUT2D eigenvalue weighted by atomic mass is 35.5. The molecule has 1 unspecified atom stereocenters. The second kappa shape index (κ2) is 7.68. The van der Waals surface area contributed by atoms with Crippen LogP contribution in [-0.2, 0) is 6.54 Å². The van der Waals surface area contributed by atoms with E-state index in [1.807, 2.05) is 31.2 Å². The Labute approximate surface area is 149 Å². The molecule has 0 spiro atoms. The molecule has 1 aliphatic heterocycles. The zero-order valence-electron chi connectivity index (χ0n) is 14.8. The van der Waals surface area contributed by atoms with E-state index in [0.717, 1.165) is 49.7 Å². The third kappa shape index (κ3) is 3.82. The number of oxazole rings is 1. The second-order valence-corrected chi connectivity index (χ2v) is 6.87. The number of aromatic nitrogens is 1. The first-order chi connectivity index (χ1) is 11.6. The predicted molar refractivity (Wildman–Crippen MR) is 98.3 cm³/mol. The van der Waals surface area contributed by atoms with Gasteiger partial charge in [0.25, 0.3) is 0 Å². The molecule has 5 heteroatoms. The number of hydrogen-bond donors (Lipinski definition) is 0. The topological polar surface area (TPSA) is 32.5 Å². The fourth-order valence-electron chi connectivity index (χ4n) is 3.53. The summed E-state index contributed by atoms with van der Waals surface area (Å²) < 4.78 is 5.88. The molecule has 0 aliphatic carbocycles. The number of aryl methyl sites for hydroxylation is 1. The smallest absolute Gasteiger partial charge is 0.226 e. The fraction of sp³-hybridized carbons (Fsp3) is 0.526. The van der Waals surface area contributed by atoms with Crippen molar-refractivity contribution < 1.29 is 4.42 Å². The first-order valence-electron chi connectivity index (χ1n) is 8.79. The highest BCUT2D eigenvalue weighted by Gasteiger charge is 2.27. The van der Waals surface area contributed by atoms with E-state index in [1.165, 1.54) is 6.42 Å². The molecule has 1 aliphatic rings. The molecule has 130 valence electrons. The number of halogens is 1. The van der Waals surface area contributed by atoms with E-state index in [1.54, 1.807) is 0 Å². The Morgan fingerprint density at radius 3 is 2.83 bits per heavy atom. The molecule has 3 rings (SSSR count). The lowest BCUT2D eigenvalue weighted by Gasteiger charge is -2.26. The first-order valence-corrected chi connectivity index (χ1v) is 9.17. The maximum absolute atomic E-state index is 6.07. The van der Waals surface area contributed by atoms with Gasteiger partial charge in [0.1, 0.15) is 5.76 Å². The monoisotopic (exact) mass is 347 g/mol. The van der Waals surface area contributed by atoms with Crippen molar-refractivity contribution >= 4 is 11.6 Å². The Hall–Kier alpha value is -1.36. The quantitative estimate of drug-likeness (QED) is 0.783. The van der Waals surface area contributed by atoms with E-state index < -0.39 is 0 Å². The second-order valence-electron chi connectivity index (χ2n) is 6.43. The van der Waals surface area contributed by atoms with Crippen molar-refractivity contribution in [1.82, 2.24) is 14.8 Å². The highest BCUT2D eigenvalue weighted by molar-refractivity contribution is 6.30. The standard InChI is InChI=1S/C19H26ClN3O/c1-4-23(5-2)17-9-10-22(12-17)13-18-14(3)24-19(21-18)15-7-6-8-16(20)11-15/h6-8,11,17H,4-5,9-10,12-13H2,1-3H3. The molecule has 1 fully saturated rings. The van der Waals surface area contributed by atoms with Crippen molar-refractivity contribution in [2.75, 3.05) is 26.2 Å². The molecule has 0 saturated carbocycles. The largest absolute Gasteiger partial charge is 0.441 e. The van der Waals surface area contributed by atoms with Crippen molar-refractivity contribution in [3.05, 3.63) is 40.7 Å². The summed E-state index contributed by atoms with van der Waals surface area (Å²) in [5.74, 6) is 1.56. The molecule has 2 aromatic rings. The summed E-state index contributed by atoms with van der Waals surface area (Å²) in [6, 6.07) is 8.32. The third-order valence-electron chi connectivity index (χ3n) is 4.91. The lowest BCUT2D eigenvalue weighted by molar-refractivity contribution is 0.208. The van der Waals surface area contributed by atoms with Gasteiger partial charge in [0, 0.05) is 36.3 Å². The highest BCUT2D eigenvalue weighted by Crippen LogP contribution is 2.26. The van der Waals surface area contributed by atoms with Gasteiger partial charge in [0.2, 0.25) is 5.89 Å². The number of hydrogen-bond acceptors (Lipinski definition) is 4. The van der Waals surface area contributed by atoms with Crippen molar-refractivity contribution in [2.24, 2.45) is 0 Å². The zero-order valence-corrected chi connectivity index (χ0v) is 15.5. The van der Waals surface area contributed by atoms with Gasteiger partial charge in [0.15, 0.2) is 0 Å². The van der Waals surface area contributed by atoms with Gasteiger partial charge in [0.05, 0.1) is 5.69 Å². The number of rotatable bonds is 6. The molecule has 24 heavy (non-hydrogen) atoms. The van der Waals surface area contributed by atoms with Crippen molar-refractivity contribution in [1.29, 1.82) is 0 Å².